The lowest BCUT2D eigenvalue weighted by molar-refractivity contribution is -0.201. The molecule has 1 aromatic carbocycles. The second-order valence-corrected chi connectivity index (χ2v) is 12.2. The molecule has 0 aromatic heterocycles. The van der Waals surface area contributed by atoms with E-state index in [0.717, 1.165) is 12.8 Å². The number of carbonyl (C=O) groups is 1. The molecule has 2 saturated heterocycles. The Morgan fingerprint density at radius 1 is 1.11 bits per heavy atom. The number of benzene rings is 1. The van der Waals surface area contributed by atoms with Crippen molar-refractivity contribution in [3.05, 3.63) is 24.3 Å². The predicted molar refractivity (Wildman–Crippen MR) is 129 cm³/mol. The Hall–Kier alpha value is -1.54. The number of ether oxygens (including phenoxy) is 2. The third-order valence-corrected chi connectivity index (χ3v) is 10.1. The highest BCUT2D eigenvalue weighted by Gasteiger charge is 2.51. The fourth-order valence-corrected chi connectivity index (χ4v) is 7.15. The molecule has 1 aromatic rings. The lowest BCUT2D eigenvalue weighted by Crippen LogP contribution is -2.58. The molecule has 1 amide bonds. The van der Waals surface area contributed by atoms with Crippen molar-refractivity contribution in [1.29, 1.82) is 0 Å². The second-order valence-electron chi connectivity index (χ2n) is 8.79. The summed E-state index contributed by atoms with van der Waals surface area (Å²) in [5.41, 5.74) is -2.03. The summed E-state index contributed by atoms with van der Waals surface area (Å²) < 4.78 is 75.7. The molecule has 2 heterocycles. The maximum Gasteiger partial charge on any atom is 0.446 e. The highest BCUT2D eigenvalue weighted by atomic mass is 32.2. The number of sulfonamides is 1. The Bertz CT molecular complexity index is 957. The second kappa shape index (κ2) is 12.3. The van der Waals surface area contributed by atoms with E-state index in [9.17, 15) is 26.4 Å². The van der Waals surface area contributed by atoms with Crippen LogP contribution in [0.1, 0.15) is 58.8 Å². The largest absolute Gasteiger partial charge is 0.490 e. The number of piperidine rings is 1. The quantitative estimate of drug-likeness (QED) is 0.334. The van der Waals surface area contributed by atoms with Crippen LogP contribution in [0.15, 0.2) is 29.2 Å². The van der Waals surface area contributed by atoms with Gasteiger partial charge in [-0.25, -0.2) is 23.0 Å². The molecular weight excluding hydrogens is 521 g/mol. The highest BCUT2D eigenvalue weighted by Crippen LogP contribution is 2.37. The number of carbonyl (C=O) groups excluding carboxylic acids is 1. The molecule has 0 aliphatic carbocycles. The van der Waals surface area contributed by atoms with Gasteiger partial charge in [-0.1, -0.05) is 13.8 Å². The number of nitrogens with zero attached hydrogens (tertiary/aromatic N) is 1. The summed E-state index contributed by atoms with van der Waals surface area (Å²) in [6, 6.07) is 5.61. The lowest BCUT2D eigenvalue weighted by atomic mass is 10.0. The standard InChI is InChI=1S/C23H33F3N2O6S2/c1-3-22(4-2,21(29)27-34-20-7-5-6-16-32-20)36(30,31)28-14-12-18(13-15-28)33-17-8-10-19(11-9-17)35-23(24,25)26/h8-11,18,20H,3-7,12-16H2,1-2H3,(H,27,29). The van der Waals surface area contributed by atoms with Crippen LogP contribution in [0.5, 0.6) is 5.75 Å². The number of rotatable bonds is 10. The van der Waals surface area contributed by atoms with Crippen molar-refractivity contribution in [3.63, 3.8) is 0 Å². The number of amides is 1. The van der Waals surface area contributed by atoms with E-state index in [0.29, 0.717) is 31.6 Å². The first-order chi connectivity index (χ1) is 17.0. The number of nitrogens with one attached hydrogen (secondary N) is 1. The zero-order valence-corrected chi connectivity index (χ0v) is 22.0. The van der Waals surface area contributed by atoms with Gasteiger partial charge in [-0.05, 0) is 74.6 Å². The molecule has 2 fully saturated rings. The predicted octanol–water partition coefficient (Wildman–Crippen LogP) is 4.60. The summed E-state index contributed by atoms with van der Waals surface area (Å²) in [6.45, 7) is 4.18. The molecule has 2 aliphatic heterocycles. The van der Waals surface area contributed by atoms with Gasteiger partial charge in [0.2, 0.25) is 10.0 Å². The average Bonchev–Trinajstić information content (AvgIpc) is 2.85. The first kappa shape index (κ1) is 29.0. The van der Waals surface area contributed by atoms with Gasteiger partial charge >= 0.3 is 5.51 Å². The number of hydroxylamine groups is 1. The van der Waals surface area contributed by atoms with Crippen molar-refractivity contribution in [2.45, 2.75) is 86.3 Å². The summed E-state index contributed by atoms with van der Waals surface area (Å²) in [4.78, 5) is 18.5. The van der Waals surface area contributed by atoms with Crippen molar-refractivity contribution < 1.29 is 40.7 Å². The Kier molecular flexibility index (Phi) is 9.94. The van der Waals surface area contributed by atoms with E-state index in [2.05, 4.69) is 5.48 Å². The number of hydrogen-bond acceptors (Lipinski definition) is 7. The van der Waals surface area contributed by atoms with Gasteiger partial charge in [-0.3, -0.25) is 4.79 Å². The van der Waals surface area contributed by atoms with Gasteiger partial charge in [-0.2, -0.15) is 13.2 Å². The van der Waals surface area contributed by atoms with E-state index >= 15 is 0 Å². The highest BCUT2D eigenvalue weighted by molar-refractivity contribution is 8.00. The Morgan fingerprint density at radius 2 is 1.75 bits per heavy atom. The van der Waals surface area contributed by atoms with Gasteiger partial charge in [0.15, 0.2) is 11.0 Å². The van der Waals surface area contributed by atoms with Crippen LogP contribution in [-0.4, -0.2) is 61.0 Å². The van der Waals surface area contributed by atoms with Gasteiger partial charge in [0.25, 0.3) is 5.91 Å². The third kappa shape index (κ3) is 7.06. The first-order valence-electron chi connectivity index (χ1n) is 12.1. The van der Waals surface area contributed by atoms with Gasteiger partial charge < -0.3 is 9.47 Å². The molecule has 0 spiro atoms. The van der Waals surface area contributed by atoms with E-state index in [-0.39, 0.29) is 48.7 Å². The van der Waals surface area contributed by atoms with Gasteiger partial charge in [0.1, 0.15) is 11.9 Å². The van der Waals surface area contributed by atoms with E-state index in [4.69, 9.17) is 14.3 Å². The zero-order chi connectivity index (χ0) is 26.4. The molecule has 1 unspecified atom stereocenters. The van der Waals surface area contributed by atoms with Crippen molar-refractivity contribution in [2.24, 2.45) is 0 Å². The summed E-state index contributed by atoms with van der Waals surface area (Å²) in [5.74, 6) is -0.294. The van der Waals surface area contributed by atoms with Crippen LogP contribution in [0.4, 0.5) is 13.2 Å². The SMILES string of the molecule is CCC(CC)(C(=O)NOC1CCCCO1)S(=O)(=O)N1CCC(Oc2ccc(SC(F)(F)F)cc2)CC1. The van der Waals surface area contributed by atoms with Crippen LogP contribution >= 0.6 is 11.8 Å². The Labute approximate surface area is 214 Å². The molecule has 204 valence electrons. The van der Waals surface area contributed by atoms with Crippen LogP contribution in [-0.2, 0) is 24.4 Å². The molecular formula is C23H33F3N2O6S2. The van der Waals surface area contributed by atoms with Crippen molar-refractivity contribution in [1.82, 2.24) is 9.79 Å². The molecule has 2 aliphatic rings. The number of thioether (sulfide) groups is 1. The van der Waals surface area contributed by atoms with Crippen LogP contribution in [0.2, 0.25) is 0 Å². The van der Waals surface area contributed by atoms with E-state index in [1.807, 2.05) is 0 Å². The summed E-state index contributed by atoms with van der Waals surface area (Å²) in [7, 11) is -4.02. The topological polar surface area (TPSA) is 94.2 Å². The number of alkyl halides is 3. The molecule has 13 heteroatoms. The fraction of sp³-hybridized carbons (Fsp3) is 0.696. The zero-order valence-electron chi connectivity index (χ0n) is 20.4. The molecule has 8 nitrogen and oxygen atoms in total. The maximum atomic E-state index is 13.6. The normalized spacial score (nSPS) is 20.8. The first-order valence-corrected chi connectivity index (χ1v) is 14.4. The molecule has 0 saturated carbocycles. The minimum absolute atomic E-state index is 0.0588. The van der Waals surface area contributed by atoms with Crippen molar-refractivity contribution >= 4 is 27.7 Å². The van der Waals surface area contributed by atoms with Crippen LogP contribution in [0.25, 0.3) is 0 Å². The maximum absolute atomic E-state index is 13.6. The average molecular weight is 555 g/mol. The molecule has 0 radical (unpaired) electrons. The smallest absolute Gasteiger partial charge is 0.446 e. The van der Waals surface area contributed by atoms with Crippen LogP contribution in [0, 0.1) is 0 Å². The van der Waals surface area contributed by atoms with Crippen molar-refractivity contribution in [3.8, 4) is 5.75 Å². The third-order valence-electron chi connectivity index (χ3n) is 6.57. The molecule has 36 heavy (non-hydrogen) atoms. The summed E-state index contributed by atoms with van der Waals surface area (Å²) in [5, 5.41) is 0. The Morgan fingerprint density at radius 3 is 2.28 bits per heavy atom. The number of halogens is 3. The van der Waals surface area contributed by atoms with Crippen LogP contribution in [0.3, 0.4) is 0 Å². The minimum Gasteiger partial charge on any atom is -0.490 e. The van der Waals surface area contributed by atoms with Crippen LogP contribution < -0.4 is 10.2 Å². The molecule has 1 atom stereocenters. The van der Waals surface area contributed by atoms with E-state index in [1.54, 1.807) is 13.8 Å². The summed E-state index contributed by atoms with van der Waals surface area (Å²) in [6.07, 6.45) is 2.47. The summed E-state index contributed by atoms with van der Waals surface area (Å²) >= 11 is -0.199. The molecule has 3 rings (SSSR count). The lowest BCUT2D eigenvalue weighted by Gasteiger charge is -2.38. The van der Waals surface area contributed by atoms with Crippen molar-refractivity contribution in [2.75, 3.05) is 19.7 Å². The molecule has 0 bridgehead atoms. The van der Waals surface area contributed by atoms with Gasteiger partial charge in [0, 0.05) is 31.0 Å². The van der Waals surface area contributed by atoms with E-state index in [1.165, 1.54) is 28.6 Å². The fourth-order valence-electron chi connectivity index (χ4n) is 4.42. The van der Waals surface area contributed by atoms with Gasteiger partial charge in [0.05, 0.1) is 0 Å². The monoisotopic (exact) mass is 554 g/mol. The van der Waals surface area contributed by atoms with E-state index < -0.39 is 32.5 Å². The Balaban J connectivity index is 1.58. The number of hydrogen-bond donors (Lipinski definition) is 1. The minimum atomic E-state index is -4.36. The molecule has 1 N–H and O–H groups in total. The van der Waals surface area contributed by atoms with Gasteiger partial charge in [-0.15, -0.1) is 0 Å².